The van der Waals surface area contributed by atoms with Crippen molar-refractivity contribution in [1.82, 2.24) is 5.32 Å². The number of amides is 1. The van der Waals surface area contributed by atoms with Gasteiger partial charge in [-0.1, -0.05) is 20.3 Å². The molecule has 1 amide bonds. The van der Waals surface area contributed by atoms with Gasteiger partial charge in [0.2, 0.25) is 5.91 Å². The third-order valence-corrected chi connectivity index (χ3v) is 8.61. The lowest BCUT2D eigenvalue weighted by molar-refractivity contribution is -0.187. The molecule has 1 unspecified atom stereocenters. The number of carbonyl (C=O) groups is 1. The Bertz CT molecular complexity index is 534. The second kappa shape index (κ2) is 4.74. The molecular formula is C20H33NO2. The molecule has 0 aromatic heterocycles. The fraction of sp³-hybridized carbons (Fsp3) is 0.950. The Morgan fingerprint density at radius 1 is 1.09 bits per heavy atom. The van der Waals surface area contributed by atoms with Gasteiger partial charge in [-0.15, -0.1) is 0 Å². The summed E-state index contributed by atoms with van der Waals surface area (Å²) >= 11 is 0. The van der Waals surface area contributed by atoms with Crippen molar-refractivity contribution in [3.05, 3.63) is 0 Å². The standard InChI is InChI=1S/C20H33NO2/c1-17(13-22)7-4-8-19(3)14(17)6-10-20-11-16(23)21-18(2,12-20)9-5-15(19)20/h14-15,22H,4-13H2,1-3H3,(H,21,23)/t14-,15+,17+,18+,19-,20?/m1/s1. The third-order valence-electron chi connectivity index (χ3n) is 8.61. The van der Waals surface area contributed by atoms with E-state index >= 15 is 0 Å². The fourth-order valence-corrected chi connectivity index (χ4v) is 7.86. The van der Waals surface area contributed by atoms with E-state index in [-0.39, 0.29) is 22.3 Å². The van der Waals surface area contributed by atoms with Crippen LogP contribution in [0.25, 0.3) is 0 Å². The summed E-state index contributed by atoms with van der Waals surface area (Å²) in [6.45, 7) is 7.40. The zero-order valence-electron chi connectivity index (χ0n) is 15.1. The summed E-state index contributed by atoms with van der Waals surface area (Å²) in [5.41, 5.74) is 0.664. The lowest BCUT2D eigenvalue weighted by Crippen LogP contribution is -2.66. The van der Waals surface area contributed by atoms with E-state index < -0.39 is 0 Å². The smallest absolute Gasteiger partial charge is 0.220 e. The molecule has 23 heavy (non-hydrogen) atoms. The molecule has 3 nitrogen and oxygen atoms in total. The Labute approximate surface area is 140 Å². The van der Waals surface area contributed by atoms with Crippen molar-refractivity contribution in [1.29, 1.82) is 0 Å². The van der Waals surface area contributed by atoms with E-state index in [1.165, 1.54) is 44.9 Å². The molecule has 1 spiro atoms. The van der Waals surface area contributed by atoms with E-state index in [1.54, 1.807) is 0 Å². The highest BCUT2D eigenvalue weighted by Gasteiger charge is 2.64. The van der Waals surface area contributed by atoms with Crippen molar-refractivity contribution < 1.29 is 9.90 Å². The second-order valence-electron chi connectivity index (χ2n) is 10.2. The normalized spacial score (nSPS) is 55.6. The molecular weight excluding hydrogens is 286 g/mol. The number of aliphatic hydroxyl groups excluding tert-OH is 1. The molecule has 3 aliphatic carbocycles. The quantitative estimate of drug-likeness (QED) is 0.775. The van der Waals surface area contributed by atoms with Crippen LogP contribution in [0.15, 0.2) is 0 Å². The summed E-state index contributed by atoms with van der Waals surface area (Å²) in [5.74, 6) is 1.57. The molecule has 0 radical (unpaired) electrons. The van der Waals surface area contributed by atoms with Crippen LogP contribution >= 0.6 is 0 Å². The largest absolute Gasteiger partial charge is 0.396 e. The highest BCUT2D eigenvalue weighted by atomic mass is 16.3. The molecule has 0 aromatic carbocycles. The van der Waals surface area contributed by atoms with Gasteiger partial charge in [-0.2, -0.15) is 0 Å². The SMILES string of the molecule is C[C@@]12CC[C@@H]3C(CC[C@@H]4[C@](C)(CO)CCC[C@@]34C)(CC(=O)N1)C2. The number of aliphatic hydroxyl groups is 1. The van der Waals surface area contributed by atoms with E-state index in [4.69, 9.17) is 0 Å². The van der Waals surface area contributed by atoms with Crippen molar-refractivity contribution in [2.75, 3.05) is 6.61 Å². The minimum absolute atomic E-state index is 0.0317. The van der Waals surface area contributed by atoms with E-state index in [9.17, 15) is 9.90 Å². The van der Waals surface area contributed by atoms with Crippen LogP contribution in [0, 0.1) is 28.1 Å². The highest BCUT2D eigenvalue weighted by Crippen LogP contribution is 2.69. The zero-order chi connectivity index (χ0) is 16.5. The topological polar surface area (TPSA) is 49.3 Å². The summed E-state index contributed by atoms with van der Waals surface area (Å²) in [5, 5.41) is 13.4. The predicted octanol–water partition coefficient (Wildman–Crippen LogP) is 3.65. The van der Waals surface area contributed by atoms with Crippen LogP contribution < -0.4 is 5.32 Å². The lowest BCUT2D eigenvalue weighted by atomic mass is 9.38. The highest BCUT2D eigenvalue weighted by molar-refractivity contribution is 5.79. The molecule has 2 bridgehead atoms. The van der Waals surface area contributed by atoms with Gasteiger partial charge < -0.3 is 10.4 Å². The molecule has 4 fully saturated rings. The maximum Gasteiger partial charge on any atom is 0.220 e. The summed E-state index contributed by atoms with van der Waals surface area (Å²) in [6, 6.07) is 0. The van der Waals surface area contributed by atoms with E-state index in [0.717, 1.165) is 12.8 Å². The Balaban J connectivity index is 1.74. The Morgan fingerprint density at radius 3 is 2.57 bits per heavy atom. The molecule has 4 aliphatic rings. The van der Waals surface area contributed by atoms with Crippen molar-refractivity contribution in [2.45, 2.75) is 84.1 Å². The van der Waals surface area contributed by atoms with Crippen molar-refractivity contribution in [3.8, 4) is 0 Å². The van der Waals surface area contributed by atoms with Gasteiger partial charge in [-0.05, 0) is 80.0 Å². The molecule has 1 aliphatic heterocycles. The number of hydrogen-bond donors (Lipinski definition) is 2. The van der Waals surface area contributed by atoms with Crippen LogP contribution in [0.2, 0.25) is 0 Å². The summed E-state index contributed by atoms with van der Waals surface area (Å²) in [6.07, 6.45) is 10.4. The first kappa shape index (κ1) is 15.9. The van der Waals surface area contributed by atoms with Gasteiger partial charge in [0.15, 0.2) is 0 Å². The molecule has 6 atom stereocenters. The van der Waals surface area contributed by atoms with Crippen LogP contribution in [-0.4, -0.2) is 23.2 Å². The van der Waals surface area contributed by atoms with E-state index in [2.05, 4.69) is 26.1 Å². The first-order chi connectivity index (χ1) is 10.8. The van der Waals surface area contributed by atoms with E-state index in [1.807, 2.05) is 0 Å². The number of hydrogen-bond acceptors (Lipinski definition) is 2. The lowest BCUT2D eigenvalue weighted by Gasteiger charge is -2.68. The van der Waals surface area contributed by atoms with Crippen molar-refractivity contribution in [3.63, 3.8) is 0 Å². The molecule has 1 heterocycles. The average Bonchev–Trinajstić information content (AvgIpc) is 2.44. The van der Waals surface area contributed by atoms with Crippen LogP contribution in [0.5, 0.6) is 0 Å². The third kappa shape index (κ3) is 2.08. The van der Waals surface area contributed by atoms with Gasteiger partial charge in [0.05, 0.1) is 0 Å². The van der Waals surface area contributed by atoms with Gasteiger partial charge in [-0.3, -0.25) is 4.79 Å². The van der Waals surface area contributed by atoms with Crippen LogP contribution in [0.4, 0.5) is 0 Å². The summed E-state index contributed by atoms with van der Waals surface area (Å²) < 4.78 is 0. The average molecular weight is 319 g/mol. The van der Waals surface area contributed by atoms with Crippen LogP contribution in [0.1, 0.15) is 78.6 Å². The van der Waals surface area contributed by atoms with Crippen LogP contribution in [0.3, 0.4) is 0 Å². The van der Waals surface area contributed by atoms with Crippen molar-refractivity contribution >= 4 is 5.91 Å². The molecule has 1 saturated heterocycles. The molecule has 0 aromatic rings. The van der Waals surface area contributed by atoms with Gasteiger partial charge >= 0.3 is 0 Å². The molecule has 4 rings (SSSR count). The fourth-order valence-electron chi connectivity index (χ4n) is 7.86. The molecule has 3 heteroatoms. The molecule has 2 N–H and O–H groups in total. The first-order valence-corrected chi connectivity index (χ1v) is 9.67. The summed E-state index contributed by atoms with van der Waals surface area (Å²) in [4.78, 5) is 12.4. The minimum atomic E-state index is 0.0317. The predicted molar refractivity (Wildman–Crippen MR) is 90.8 cm³/mol. The minimum Gasteiger partial charge on any atom is -0.396 e. The molecule has 130 valence electrons. The summed E-state index contributed by atoms with van der Waals surface area (Å²) in [7, 11) is 0. The number of piperidine rings is 1. The van der Waals surface area contributed by atoms with Crippen molar-refractivity contribution in [2.24, 2.45) is 28.1 Å². The van der Waals surface area contributed by atoms with Gasteiger partial charge in [0.25, 0.3) is 0 Å². The Morgan fingerprint density at radius 2 is 1.83 bits per heavy atom. The number of carbonyl (C=O) groups excluding carboxylic acids is 1. The number of nitrogens with one attached hydrogen (secondary N) is 1. The van der Waals surface area contributed by atoms with Gasteiger partial charge in [0.1, 0.15) is 0 Å². The zero-order valence-corrected chi connectivity index (χ0v) is 15.1. The monoisotopic (exact) mass is 319 g/mol. The maximum atomic E-state index is 12.4. The van der Waals surface area contributed by atoms with Gasteiger partial charge in [0, 0.05) is 18.6 Å². The van der Waals surface area contributed by atoms with Gasteiger partial charge in [-0.25, -0.2) is 0 Å². The van der Waals surface area contributed by atoms with E-state index in [0.29, 0.717) is 23.9 Å². The second-order valence-corrected chi connectivity index (χ2v) is 10.2. The number of rotatable bonds is 1. The van der Waals surface area contributed by atoms with Crippen LogP contribution in [-0.2, 0) is 4.79 Å². The Hall–Kier alpha value is -0.570. The molecule has 3 saturated carbocycles. The first-order valence-electron chi connectivity index (χ1n) is 9.67. The Kier molecular flexibility index (Phi) is 3.28. The maximum absolute atomic E-state index is 12.4. The number of fused-ring (bicyclic) bond motifs is 3.